The van der Waals surface area contributed by atoms with Gasteiger partial charge < -0.3 is 20.4 Å². The fraction of sp³-hybridized carbons (Fsp3) is 0.857. The third-order valence-corrected chi connectivity index (χ3v) is 2.15. The average Bonchev–Trinajstić information content (AvgIpc) is 2.03. The number of carbonyl (C=O) groups is 1. The number of amides is 1. The predicted molar refractivity (Wildman–Crippen MR) is 43.1 cm³/mol. The number of carboxylic acid groups (broad SMARTS) is 1. The van der Waals surface area contributed by atoms with Gasteiger partial charge in [-0.2, -0.15) is 0 Å². The van der Waals surface area contributed by atoms with E-state index in [2.05, 4.69) is 5.32 Å². The molecule has 0 spiro atoms. The van der Waals surface area contributed by atoms with Crippen LogP contribution in [-0.4, -0.2) is 53.5 Å². The molecule has 1 aliphatic heterocycles. The second-order valence-corrected chi connectivity index (χ2v) is 3.10. The summed E-state index contributed by atoms with van der Waals surface area (Å²) in [5.41, 5.74) is 0. The minimum atomic E-state index is -0.948. The van der Waals surface area contributed by atoms with Gasteiger partial charge in [0.2, 0.25) is 0 Å². The molecule has 5 heteroatoms. The van der Waals surface area contributed by atoms with Crippen molar-refractivity contribution in [2.75, 3.05) is 20.1 Å². The highest BCUT2D eigenvalue weighted by atomic mass is 16.4. The van der Waals surface area contributed by atoms with Gasteiger partial charge in [-0.3, -0.25) is 0 Å². The summed E-state index contributed by atoms with van der Waals surface area (Å²) in [5.74, 6) is 0. The highest BCUT2D eigenvalue weighted by molar-refractivity contribution is 5.65. The fourth-order valence-electron chi connectivity index (χ4n) is 1.35. The number of β-amino-alcohol motifs (C(OH)–C–C–N with tert-alkyl or cyclic N) is 1. The van der Waals surface area contributed by atoms with Crippen LogP contribution in [0.3, 0.4) is 0 Å². The second kappa shape index (κ2) is 3.73. The number of hydrogen-bond donors (Lipinski definition) is 3. The molecular weight excluding hydrogens is 160 g/mol. The van der Waals surface area contributed by atoms with Crippen molar-refractivity contribution in [3.63, 3.8) is 0 Å². The van der Waals surface area contributed by atoms with Gasteiger partial charge in [0.25, 0.3) is 0 Å². The lowest BCUT2D eigenvalue weighted by Gasteiger charge is -2.32. The van der Waals surface area contributed by atoms with Gasteiger partial charge >= 0.3 is 6.09 Å². The Morgan fingerprint density at radius 3 is 2.75 bits per heavy atom. The summed E-state index contributed by atoms with van der Waals surface area (Å²) in [6.45, 7) is 1.18. The smallest absolute Gasteiger partial charge is 0.407 e. The van der Waals surface area contributed by atoms with Crippen molar-refractivity contribution in [1.29, 1.82) is 0 Å². The van der Waals surface area contributed by atoms with Crippen molar-refractivity contribution < 1.29 is 15.0 Å². The number of likely N-dealkylation sites (N-methyl/N-ethyl adjacent to an activating group) is 1. The zero-order valence-corrected chi connectivity index (χ0v) is 7.03. The zero-order chi connectivity index (χ0) is 9.14. The summed E-state index contributed by atoms with van der Waals surface area (Å²) in [5, 5.41) is 20.8. The van der Waals surface area contributed by atoms with E-state index in [1.807, 2.05) is 0 Å². The molecule has 0 radical (unpaired) electrons. The summed E-state index contributed by atoms with van der Waals surface area (Å²) in [4.78, 5) is 11.8. The summed E-state index contributed by atoms with van der Waals surface area (Å²) in [6.07, 6.45) is -0.850. The summed E-state index contributed by atoms with van der Waals surface area (Å²) in [7, 11) is 1.52. The maximum absolute atomic E-state index is 10.5. The van der Waals surface area contributed by atoms with E-state index in [1.165, 1.54) is 11.9 Å². The Morgan fingerprint density at radius 2 is 2.25 bits per heavy atom. The van der Waals surface area contributed by atoms with Gasteiger partial charge in [0.05, 0.1) is 6.10 Å². The largest absolute Gasteiger partial charge is 0.465 e. The molecule has 3 N–H and O–H groups in total. The molecule has 0 bridgehead atoms. The molecule has 5 nitrogen and oxygen atoms in total. The molecule has 1 fully saturated rings. The van der Waals surface area contributed by atoms with E-state index in [9.17, 15) is 9.90 Å². The molecule has 1 saturated heterocycles. The monoisotopic (exact) mass is 174 g/mol. The molecule has 2 atom stereocenters. The number of piperidine rings is 1. The van der Waals surface area contributed by atoms with Crippen molar-refractivity contribution in [3.8, 4) is 0 Å². The topological polar surface area (TPSA) is 72.8 Å². The van der Waals surface area contributed by atoms with Crippen LogP contribution in [0.1, 0.15) is 6.42 Å². The van der Waals surface area contributed by atoms with Gasteiger partial charge in [0.15, 0.2) is 0 Å². The van der Waals surface area contributed by atoms with Gasteiger partial charge in [0, 0.05) is 26.2 Å². The highest BCUT2D eigenvalue weighted by Crippen LogP contribution is 2.08. The molecule has 0 aliphatic carbocycles. The maximum atomic E-state index is 10.5. The Kier molecular flexibility index (Phi) is 2.88. The predicted octanol–water partition coefficient (Wildman–Crippen LogP) is -0.681. The first-order valence-corrected chi connectivity index (χ1v) is 3.96. The van der Waals surface area contributed by atoms with Crippen LogP contribution in [0.4, 0.5) is 4.79 Å². The molecule has 1 aliphatic rings. The Balaban J connectivity index is 2.45. The van der Waals surface area contributed by atoms with Crippen molar-refractivity contribution in [1.82, 2.24) is 10.2 Å². The summed E-state index contributed by atoms with van der Waals surface area (Å²) >= 11 is 0. The first-order chi connectivity index (χ1) is 5.61. The minimum Gasteiger partial charge on any atom is -0.465 e. The van der Waals surface area contributed by atoms with Crippen molar-refractivity contribution in [2.24, 2.45) is 0 Å². The van der Waals surface area contributed by atoms with E-state index < -0.39 is 12.2 Å². The van der Waals surface area contributed by atoms with Crippen LogP contribution in [0.5, 0.6) is 0 Å². The number of nitrogens with zero attached hydrogens (tertiary/aromatic N) is 1. The quantitative estimate of drug-likeness (QED) is 0.492. The van der Waals surface area contributed by atoms with Crippen LogP contribution in [0.15, 0.2) is 0 Å². The van der Waals surface area contributed by atoms with Crippen LogP contribution in [-0.2, 0) is 0 Å². The van der Waals surface area contributed by atoms with Crippen LogP contribution >= 0.6 is 0 Å². The van der Waals surface area contributed by atoms with Gasteiger partial charge in [-0.15, -0.1) is 0 Å². The standard InChI is InChI=1S/C7H14N2O3/c1-9(7(11)12)5-2-6(10)4-8-3-5/h5-6,8,10H,2-4H2,1H3,(H,11,12)/t5-,6-/m1/s1. The number of aliphatic hydroxyl groups is 1. The number of hydrogen-bond acceptors (Lipinski definition) is 3. The molecule has 1 amide bonds. The van der Waals surface area contributed by atoms with Crippen LogP contribution in [0.25, 0.3) is 0 Å². The molecule has 0 saturated carbocycles. The highest BCUT2D eigenvalue weighted by Gasteiger charge is 2.25. The molecule has 0 aromatic rings. The van der Waals surface area contributed by atoms with Gasteiger partial charge in [-0.05, 0) is 6.42 Å². The Hall–Kier alpha value is -0.810. The van der Waals surface area contributed by atoms with E-state index in [1.54, 1.807) is 0 Å². The van der Waals surface area contributed by atoms with Gasteiger partial charge in [0.1, 0.15) is 0 Å². The normalized spacial score (nSPS) is 29.8. The van der Waals surface area contributed by atoms with Gasteiger partial charge in [-0.25, -0.2) is 4.79 Å². The lowest BCUT2D eigenvalue weighted by atomic mass is 10.0. The first kappa shape index (κ1) is 9.28. The maximum Gasteiger partial charge on any atom is 0.407 e. The zero-order valence-electron chi connectivity index (χ0n) is 7.03. The van der Waals surface area contributed by atoms with Crippen molar-refractivity contribution in [2.45, 2.75) is 18.6 Å². The molecule has 0 aromatic carbocycles. The van der Waals surface area contributed by atoms with Gasteiger partial charge in [-0.1, -0.05) is 0 Å². The molecule has 12 heavy (non-hydrogen) atoms. The molecule has 1 heterocycles. The molecule has 70 valence electrons. The molecular formula is C7H14N2O3. The third kappa shape index (κ3) is 2.09. The Labute approximate surface area is 71.0 Å². The summed E-state index contributed by atoms with van der Waals surface area (Å²) < 4.78 is 0. The SMILES string of the molecule is CN(C(=O)O)[C@H]1CNC[C@H](O)C1. The average molecular weight is 174 g/mol. The first-order valence-electron chi connectivity index (χ1n) is 3.96. The van der Waals surface area contributed by atoms with Crippen LogP contribution in [0, 0.1) is 0 Å². The van der Waals surface area contributed by atoms with Crippen LogP contribution < -0.4 is 5.32 Å². The second-order valence-electron chi connectivity index (χ2n) is 3.10. The van der Waals surface area contributed by atoms with E-state index in [0.717, 1.165) is 0 Å². The lowest BCUT2D eigenvalue weighted by molar-refractivity contribution is 0.0795. The molecule has 0 unspecified atom stereocenters. The number of aliphatic hydroxyl groups excluding tert-OH is 1. The van der Waals surface area contributed by atoms with Crippen LogP contribution in [0.2, 0.25) is 0 Å². The number of rotatable bonds is 1. The van der Waals surface area contributed by atoms with E-state index >= 15 is 0 Å². The summed E-state index contributed by atoms with van der Waals surface area (Å²) in [6, 6.07) is -0.105. The fourth-order valence-corrected chi connectivity index (χ4v) is 1.35. The minimum absolute atomic E-state index is 0.105. The van der Waals surface area contributed by atoms with Crippen molar-refractivity contribution >= 4 is 6.09 Å². The third-order valence-electron chi connectivity index (χ3n) is 2.15. The van der Waals surface area contributed by atoms with E-state index in [4.69, 9.17) is 5.11 Å². The van der Waals surface area contributed by atoms with E-state index in [-0.39, 0.29) is 6.04 Å². The van der Waals surface area contributed by atoms with E-state index in [0.29, 0.717) is 19.5 Å². The molecule has 0 aromatic heterocycles. The van der Waals surface area contributed by atoms with Crippen molar-refractivity contribution in [3.05, 3.63) is 0 Å². The Bertz CT molecular complexity index is 174. The molecule has 1 rings (SSSR count). The Morgan fingerprint density at radius 1 is 1.58 bits per heavy atom. The number of nitrogens with one attached hydrogen (secondary N) is 1. The lowest BCUT2D eigenvalue weighted by Crippen LogP contribution is -2.51.